The summed E-state index contributed by atoms with van der Waals surface area (Å²) in [7, 11) is 0. The van der Waals surface area contributed by atoms with Crippen LogP contribution in [0.1, 0.15) is 20.3 Å². The van der Waals surface area contributed by atoms with Crippen molar-refractivity contribution >= 4 is 6.03 Å². The summed E-state index contributed by atoms with van der Waals surface area (Å²) in [6, 6.07) is -0.648. The normalized spacial score (nSPS) is 14.8. The van der Waals surface area contributed by atoms with Crippen LogP contribution < -0.4 is 16.4 Å². The van der Waals surface area contributed by atoms with Crippen molar-refractivity contribution in [2.24, 2.45) is 5.73 Å². The molecule has 5 nitrogen and oxygen atoms in total. The van der Waals surface area contributed by atoms with Gasteiger partial charge in [-0.25, -0.2) is 4.79 Å². The van der Waals surface area contributed by atoms with Gasteiger partial charge in [-0.2, -0.15) is 0 Å². The Hall–Kier alpha value is -0.810. The summed E-state index contributed by atoms with van der Waals surface area (Å²) >= 11 is 0. The number of carbonyl (C=O) groups is 1. The zero-order chi connectivity index (χ0) is 10.3. The van der Waals surface area contributed by atoms with Gasteiger partial charge in [0.2, 0.25) is 0 Å². The molecular formula is C8H19N3O2. The van der Waals surface area contributed by atoms with Crippen molar-refractivity contribution in [2.45, 2.75) is 32.4 Å². The molecule has 0 aliphatic carbocycles. The largest absolute Gasteiger partial charge is 0.392 e. The molecule has 0 fully saturated rings. The molecule has 0 aromatic rings. The van der Waals surface area contributed by atoms with E-state index in [4.69, 9.17) is 10.8 Å². The Labute approximate surface area is 78.7 Å². The maximum Gasteiger partial charge on any atom is 0.314 e. The first-order chi connectivity index (χ1) is 6.07. The van der Waals surface area contributed by atoms with E-state index in [1.54, 1.807) is 6.92 Å². The van der Waals surface area contributed by atoms with Crippen LogP contribution in [0, 0.1) is 0 Å². The lowest BCUT2D eigenvalue weighted by molar-refractivity contribution is 0.162. The van der Waals surface area contributed by atoms with E-state index in [9.17, 15) is 4.79 Å². The number of urea groups is 1. The molecule has 0 saturated carbocycles. The summed E-state index contributed by atoms with van der Waals surface area (Å²) in [5.74, 6) is 0. The van der Waals surface area contributed by atoms with Gasteiger partial charge in [0.05, 0.1) is 6.10 Å². The molecule has 2 unspecified atom stereocenters. The molecule has 0 radical (unpaired) electrons. The third-order valence-electron chi connectivity index (χ3n) is 1.65. The summed E-state index contributed by atoms with van der Waals surface area (Å²) in [5.41, 5.74) is 5.50. The van der Waals surface area contributed by atoms with Crippen molar-refractivity contribution in [2.75, 3.05) is 13.1 Å². The lowest BCUT2D eigenvalue weighted by Gasteiger charge is -2.15. The molecule has 13 heavy (non-hydrogen) atoms. The van der Waals surface area contributed by atoms with E-state index in [0.29, 0.717) is 6.54 Å². The number of nitrogens with two attached hydrogens (primary N) is 1. The van der Waals surface area contributed by atoms with E-state index in [1.807, 2.05) is 6.92 Å². The molecule has 0 aliphatic rings. The highest BCUT2D eigenvalue weighted by atomic mass is 16.3. The summed E-state index contributed by atoms with van der Waals surface area (Å²) in [6.07, 6.45) is 0.294. The molecule has 0 heterocycles. The highest BCUT2D eigenvalue weighted by molar-refractivity contribution is 5.73. The first kappa shape index (κ1) is 12.2. The fourth-order valence-electron chi connectivity index (χ4n) is 0.682. The molecule has 2 atom stereocenters. The second kappa shape index (κ2) is 6.68. The maximum atomic E-state index is 11.0. The second-order valence-electron chi connectivity index (χ2n) is 3.04. The summed E-state index contributed by atoms with van der Waals surface area (Å²) < 4.78 is 0. The number of aliphatic hydroxyl groups excluding tert-OH is 1. The van der Waals surface area contributed by atoms with Crippen LogP contribution in [0.5, 0.6) is 0 Å². The monoisotopic (exact) mass is 189 g/mol. The molecular weight excluding hydrogens is 170 g/mol. The van der Waals surface area contributed by atoms with Crippen LogP contribution in [0.15, 0.2) is 0 Å². The van der Waals surface area contributed by atoms with Crippen LogP contribution in [0.4, 0.5) is 4.79 Å². The molecule has 0 aromatic heterocycles. The Morgan fingerprint density at radius 3 is 2.62 bits per heavy atom. The van der Waals surface area contributed by atoms with Crippen molar-refractivity contribution in [1.29, 1.82) is 0 Å². The second-order valence-corrected chi connectivity index (χ2v) is 3.04. The molecule has 0 aromatic carbocycles. The minimum absolute atomic E-state index is 0.238. The SMILES string of the molecule is CCCNC(=O)NCC(N)C(C)O. The third kappa shape index (κ3) is 6.36. The fourth-order valence-corrected chi connectivity index (χ4v) is 0.682. The number of nitrogens with one attached hydrogen (secondary N) is 2. The van der Waals surface area contributed by atoms with Crippen LogP contribution in [0.3, 0.4) is 0 Å². The fraction of sp³-hybridized carbons (Fsp3) is 0.875. The highest BCUT2D eigenvalue weighted by Crippen LogP contribution is 1.85. The summed E-state index contributed by atoms with van der Waals surface area (Å²) in [6.45, 7) is 4.50. The van der Waals surface area contributed by atoms with E-state index in [-0.39, 0.29) is 12.6 Å². The lowest BCUT2D eigenvalue weighted by Crippen LogP contribution is -2.46. The Morgan fingerprint density at radius 1 is 1.54 bits per heavy atom. The van der Waals surface area contributed by atoms with E-state index in [2.05, 4.69) is 10.6 Å². The first-order valence-electron chi connectivity index (χ1n) is 4.53. The molecule has 0 bridgehead atoms. The molecule has 2 amide bonds. The number of amides is 2. The topological polar surface area (TPSA) is 87.4 Å². The lowest BCUT2D eigenvalue weighted by atomic mass is 10.2. The van der Waals surface area contributed by atoms with Crippen molar-refractivity contribution in [1.82, 2.24) is 10.6 Å². The minimum Gasteiger partial charge on any atom is -0.392 e. The van der Waals surface area contributed by atoms with Crippen LogP contribution in [0.25, 0.3) is 0 Å². The molecule has 78 valence electrons. The maximum absolute atomic E-state index is 11.0. The quantitative estimate of drug-likeness (QED) is 0.466. The van der Waals surface area contributed by atoms with Crippen molar-refractivity contribution in [3.05, 3.63) is 0 Å². The first-order valence-corrected chi connectivity index (χ1v) is 4.53. The predicted octanol–water partition coefficient (Wildman–Crippen LogP) is -0.596. The summed E-state index contributed by atoms with van der Waals surface area (Å²) in [4.78, 5) is 11.0. The number of hydrogen-bond acceptors (Lipinski definition) is 3. The van der Waals surface area contributed by atoms with Crippen molar-refractivity contribution < 1.29 is 9.90 Å². The van der Waals surface area contributed by atoms with E-state index in [1.165, 1.54) is 0 Å². The van der Waals surface area contributed by atoms with Crippen LogP contribution in [-0.2, 0) is 0 Å². The minimum atomic E-state index is -0.605. The average molecular weight is 189 g/mol. The molecule has 0 aliphatic heterocycles. The van der Waals surface area contributed by atoms with Crippen LogP contribution in [0.2, 0.25) is 0 Å². The highest BCUT2D eigenvalue weighted by Gasteiger charge is 2.09. The van der Waals surface area contributed by atoms with Gasteiger partial charge in [-0.3, -0.25) is 0 Å². The van der Waals surface area contributed by atoms with Crippen LogP contribution >= 0.6 is 0 Å². The third-order valence-corrected chi connectivity index (χ3v) is 1.65. The molecule has 0 rings (SSSR count). The standard InChI is InChI=1S/C8H19N3O2/c1-3-4-10-8(13)11-5-7(9)6(2)12/h6-7,12H,3-5,9H2,1-2H3,(H2,10,11,13). The Bertz CT molecular complexity index is 150. The van der Waals surface area contributed by atoms with Gasteiger partial charge >= 0.3 is 6.03 Å². The Balaban J connectivity index is 3.46. The van der Waals surface area contributed by atoms with Gasteiger partial charge in [0.15, 0.2) is 0 Å². The molecule has 0 spiro atoms. The Morgan fingerprint density at radius 2 is 2.15 bits per heavy atom. The van der Waals surface area contributed by atoms with E-state index in [0.717, 1.165) is 6.42 Å². The van der Waals surface area contributed by atoms with Gasteiger partial charge in [0.1, 0.15) is 0 Å². The van der Waals surface area contributed by atoms with Gasteiger partial charge in [0.25, 0.3) is 0 Å². The number of rotatable bonds is 5. The smallest absolute Gasteiger partial charge is 0.314 e. The predicted molar refractivity (Wildman–Crippen MR) is 51.3 cm³/mol. The van der Waals surface area contributed by atoms with Crippen molar-refractivity contribution in [3.8, 4) is 0 Å². The van der Waals surface area contributed by atoms with Gasteiger partial charge in [0, 0.05) is 19.1 Å². The van der Waals surface area contributed by atoms with Crippen LogP contribution in [-0.4, -0.2) is 36.4 Å². The number of carbonyl (C=O) groups excluding carboxylic acids is 1. The van der Waals surface area contributed by atoms with Gasteiger partial charge in [-0.05, 0) is 13.3 Å². The van der Waals surface area contributed by atoms with E-state index >= 15 is 0 Å². The van der Waals surface area contributed by atoms with Gasteiger partial charge < -0.3 is 21.5 Å². The van der Waals surface area contributed by atoms with Gasteiger partial charge in [-0.1, -0.05) is 6.92 Å². The molecule has 0 saturated heterocycles. The average Bonchev–Trinajstić information content (AvgIpc) is 2.10. The van der Waals surface area contributed by atoms with Crippen molar-refractivity contribution in [3.63, 3.8) is 0 Å². The van der Waals surface area contributed by atoms with E-state index < -0.39 is 12.1 Å². The Kier molecular flexibility index (Phi) is 6.26. The number of aliphatic hydroxyl groups is 1. The van der Waals surface area contributed by atoms with Gasteiger partial charge in [-0.15, -0.1) is 0 Å². The molecule has 5 heteroatoms. The summed E-state index contributed by atoms with van der Waals surface area (Å²) in [5, 5.41) is 14.2. The number of hydrogen-bond donors (Lipinski definition) is 4. The zero-order valence-electron chi connectivity index (χ0n) is 8.21. The molecule has 5 N–H and O–H groups in total. The zero-order valence-corrected chi connectivity index (χ0v) is 8.21.